The molecule has 1 atom stereocenters. The number of carbonyl (C=O) groups is 1. The largest absolute Gasteiger partial charge is 0.366 e. The first-order valence-corrected chi connectivity index (χ1v) is 6.43. The molecule has 0 aliphatic carbocycles. The standard InChI is InChI=1S/C10H20N2O2S/c1-10(2,15-3)7-12-9(13)8-6-11-4-5-14-8/h8,11H,4-7H2,1-3H3,(H,12,13)/t8-/m1/s1. The third-order valence-corrected chi connectivity index (χ3v) is 3.71. The molecule has 2 N–H and O–H groups in total. The maximum absolute atomic E-state index is 11.7. The number of thioether (sulfide) groups is 1. The Morgan fingerprint density at radius 3 is 2.93 bits per heavy atom. The van der Waals surface area contributed by atoms with Gasteiger partial charge in [0.25, 0.3) is 5.91 Å². The molecule has 0 bridgehead atoms. The van der Waals surface area contributed by atoms with Gasteiger partial charge < -0.3 is 15.4 Å². The minimum absolute atomic E-state index is 0.00988. The summed E-state index contributed by atoms with van der Waals surface area (Å²) in [7, 11) is 0. The maximum Gasteiger partial charge on any atom is 0.250 e. The Balaban J connectivity index is 2.28. The lowest BCUT2D eigenvalue weighted by Gasteiger charge is -2.26. The van der Waals surface area contributed by atoms with E-state index in [-0.39, 0.29) is 16.8 Å². The summed E-state index contributed by atoms with van der Waals surface area (Å²) in [4.78, 5) is 11.7. The molecular weight excluding hydrogens is 212 g/mol. The molecule has 1 aliphatic rings. The van der Waals surface area contributed by atoms with Crippen LogP contribution in [0.25, 0.3) is 0 Å². The van der Waals surface area contributed by atoms with E-state index < -0.39 is 0 Å². The molecule has 1 rings (SSSR count). The fourth-order valence-corrected chi connectivity index (χ4v) is 1.44. The fourth-order valence-electron chi connectivity index (χ4n) is 1.22. The van der Waals surface area contributed by atoms with Crippen LogP contribution in [0.1, 0.15) is 13.8 Å². The minimum atomic E-state index is -0.323. The van der Waals surface area contributed by atoms with Crippen LogP contribution < -0.4 is 10.6 Å². The summed E-state index contributed by atoms with van der Waals surface area (Å²) in [5.74, 6) is -0.00988. The summed E-state index contributed by atoms with van der Waals surface area (Å²) in [5.41, 5.74) is 0. The Morgan fingerprint density at radius 2 is 2.40 bits per heavy atom. The summed E-state index contributed by atoms with van der Waals surface area (Å²) in [6.45, 7) is 6.96. The van der Waals surface area contributed by atoms with Gasteiger partial charge in [0, 0.05) is 24.4 Å². The molecule has 0 aromatic heterocycles. The zero-order valence-corrected chi connectivity index (χ0v) is 10.4. The van der Waals surface area contributed by atoms with Crippen LogP contribution in [0.2, 0.25) is 0 Å². The van der Waals surface area contributed by atoms with Crippen LogP contribution in [-0.2, 0) is 9.53 Å². The number of morpholine rings is 1. The highest BCUT2D eigenvalue weighted by Gasteiger charge is 2.24. The lowest BCUT2D eigenvalue weighted by Crippen LogP contribution is -2.49. The van der Waals surface area contributed by atoms with Gasteiger partial charge in [0.05, 0.1) is 6.61 Å². The van der Waals surface area contributed by atoms with Crippen LogP contribution in [-0.4, -0.2) is 49.3 Å². The van der Waals surface area contributed by atoms with E-state index in [0.29, 0.717) is 19.7 Å². The Labute approximate surface area is 95.5 Å². The number of ether oxygens (including phenoxy) is 1. The first kappa shape index (κ1) is 12.8. The predicted molar refractivity (Wildman–Crippen MR) is 63.2 cm³/mol. The van der Waals surface area contributed by atoms with Crippen molar-refractivity contribution in [1.82, 2.24) is 10.6 Å². The van der Waals surface area contributed by atoms with Crippen LogP contribution >= 0.6 is 11.8 Å². The molecule has 4 nitrogen and oxygen atoms in total. The molecule has 88 valence electrons. The Hall–Kier alpha value is -0.260. The summed E-state index contributed by atoms with van der Waals surface area (Å²) < 4.78 is 5.44. The average molecular weight is 232 g/mol. The molecule has 0 saturated carbocycles. The molecule has 0 unspecified atom stereocenters. The summed E-state index contributed by atoms with van der Waals surface area (Å²) in [6, 6.07) is 0. The number of amides is 1. The molecule has 0 aromatic carbocycles. The van der Waals surface area contributed by atoms with Crippen molar-refractivity contribution >= 4 is 17.7 Å². The molecule has 0 aromatic rings. The molecule has 0 radical (unpaired) electrons. The fraction of sp³-hybridized carbons (Fsp3) is 0.900. The second-order valence-electron chi connectivity index (χ2n) is 4.25. The highest BCUT2D eigenvalue weighted by molar-refractivity contribution is 7.99. The van der Waals surface area contributed by atoms with Gasteiger partial charge in [-0.15, -0.1) is 0 Å². The van der Waals surface area contributed by atoms with Crippen molar-refractivity contribution in [3.63, 3.8) is 0 Å². The van der Waals surface area contributed by atoms with Gasteiger partial charge in [-0.2, -0.15) is 11.8 Å². The van der Waals surface area contributed by atoms with E-state index >= 15 is 0 Å². The van der Waals surface area contributed by atoms with Gasteiger partial charge >= 0.3 is 0 Å². The van der Waals surface area contributed by atoms with Crippen molar-refractivity contribution in [2.75, 3.05) is 32.5 Å². The van der Waals surface area contributed by atoms with Crippen LogP contribution in [0.5, 0.6) is 0 Å². The first-order chi connectivity index (χ1) is 7.05. The predicted octanol–water partition coefficient (Wildman–Crippen LogP) is 0.233. The highest BCUT2D eigenvalue weighted by atomic mass is 32.2. The topological polar surface area (TPSA) is 50.4 Å². The number of hydrogen-bond donors (Lipinski definition) is 2. The van der Waals surface area contributed by atoms with Gasteiger partial charge in [0.2, 0.25) is 0 Å². The molecule has 1 saturated heterocycles. The number of rotatable bonds is 4. The van der Waals surface area contributed by atoms with Crippen LogP contribution in [0.15, 0.2) is 0 Å². The van der Waals surface area contributed by atoms with Crippen molar-refractivity contribution in [1.29, 1.82) is 0 Å². The van der Waals surface area contributed by atoms with Crippen LogP contribution in [0.3, 0.4) is 0 Å². The van der Waals surface area contributed by atoms with Crippen molar-refractivity contribution in [2.45, 2.75) is 24.7 Å². The van der Waals surface area contributed by atoms with Crippen molar-refractivity contribution in [3.8, 4) is 0 Å². The van der Waals surface area contributed by atoms with E-state index in [1.54, 1.807) is 11.8 Å². The van der Waals surface area contributed by atoms with Gasteiger partial charge in [-0.25, -0.2) is 0 Å². The van der Waals surface area contributed by atoms with E-state index in [0.717, 1.165) is 6.54 Å². The van der Waals surface area contributed by atoms with Gasteiger partial charge in [-0.05, 0) is 20.1 Å². The second-order valence-corrected chi connectivity index (χ2v) is 5.76. The Kier molecular flexibility index (Phi) is 4.89. The number of nitrogens with one attached hydrogen (secondary N) is 2. The summed E-state index contributed by atoms with van der Waals surface area (Å²) >= 11 is 1.74. The molecule has 1 aliphatic heterocycles. The zero-order chi connectivity index (χ0) is 11.3. The molecule has 1 heterocycles. The summed E-state index contributed by atoms with van der Waals surface area (Å²) in [5, 5.41) is 6.05. The molecule has 1 amide bonds. The van der Waals surface area contributed by atoms with E-state index in [1.165, 1.54) is 0 Å². The van der Waals surface area contributed by atoms with Crippen LogP contribution in [0, 0.1) is 0 Å². The smallest absolute Gasteiger partial charge is 0.250 e. The van der Waals surface area contributed by atoms with Crippen molar-refractivity contribution in [3.05, 3.63) is 0 Å². The van der Waals surface area contributed by atoms with E-state index in [9.17, 15) is 4.79 Å². The van der Waals surface area contributed by atoms with Crippen molar-refractivity contribution < 1.29 is 9.53 Å². The maximum atomic E-state index is 11.7. The van der Waals surface area contributed by atoms with E-state index in [1.807, 2.05) is 6.26 Å². The quantitative estimate of drug-likeness (QED) is 0.729. The Bertz CT molecular complexity index is 215. The zero-order valence-electron chi connectivity index (χ0n) is 9.63. The molecule has 15 heavy (non-hydrogen) atoms. The number of carbonyl (C=O) groups excluding carboxylic acids is 1. The summed E-state index contributed by atoms with van der Waals surface area (Å²) in [6.07, 6.45) is 1.72. The minimum Gasteiger partial charge on any atom is -0.366 e. The molecular formula is C10H20N2O2S. The Morgan fingerprint density at radius 1 is 1.67 bits per heavy atom. The van der Waals surface area contributed by atoms with Crippen LogP contribution in [0.4, 0.5) is 0 Å². The molecule has 0 spiro atoms. The van der Waals surface area contributed by atoms with Crippen molar-refractivity contribution in [2.24, 2.45) is 0 Å². The normalized spacial score (nSPS) is 22.5. The molecule has 5 heteroatoms. The SMILES string of the molecule is CSC(C)(C)CNC(=O)[C@H]1CNCCO1. The lowest BCUT2D eigenvalue weighted by atomic mass is 10.2. The van der Waals surface area contributed by atoms with Gasteiger partial charge in [0.15, 0.2) is 0 Å². The highest BCUT2D eigenvalue weighted by Crippen LogP contribution is 2.19. The third-order valence-electron chi connectivity index (χ3n) is 2.46. The van der Waals surface area contributed by atoms with Gasteiger partial charge in [-0.3, -0.25) is 4.79 Å². The monoisotopic (exact) mass is 232 g/mol. The van der Waals surface area contributed by atoms with E-state index in [2.05, 4.69) is 24.5 Å². The number of hydrogen-bond acceptors (Lipinski definition) is 4. The average Bonchev–Trinajstić information content (AvgIpc) is 2.27. The van der Waals surface area contributed by atoms with E-state index in [4.69, 9.17) is 4.74 Å². The molecule has 1 fully saturated rings. The lowest BCUT2D eigenvalue weighted by molar-refractivity contribution is -0.134. The van der Waals surface area contributed by atoms with Gasteiger partial charge in [0.1, 0.15) is 6.10 Å². The second kappa shape index (κ2) is 5.72. The van der Waals surface area contributed by atoms with Gasteiger partial charge in [-0.1, -0.05) is 0 Å². The first-order valence-electron chi connectivity index (χ1n) is 5.20. The third kappa shape index (κ3) is 4.40.